The third-order valence-corrected chi connectivity index (χ3v) is 3.60. The zero-order valence-corrected chi connectivity index (χ0v) is 12.2. The maximum atomic E-state index is 12.3. The number of nitrogens with zero attached hydrogens (tertiary/aromatic N) is 1. The number of hydrogen-bond donors (Lipinski definition) is 2. The van der Waals surface area contributed by atoms with E-state index in [0.717, 1.165) is 24.3 Å². The molecule has 0 aromatic heterocycles. The lowest BCUT2D eigenvalue weighted by atomic mass is 10.1. The summed E-state index contributed by atoms with van der Waals surface area (Å²) in [7, 11) is 0. The van der Waals surface area contributed by atoms with Crippen LogP contribution in [0, 0.1) is 0 Å². The van der Waals surface area contributed by atoms with Crippen molar-refractivity contribution in [1.29, 1.82) is 0 Å². The van der Waals surface area contributed by atoms with E-state index in [9.17, 15) is 22.8 Å². The van der Waals surface area contributed by atoms with Crippen LogP contribution >= 0.6 is 12.4 Å². The smallest absolute Gasteiger partial charge is 0.344 e. The minimum absolute atomic E-state index is 0. The summed E-state index contributed by atoms with van der Waals surface area (Å²) in [5.74, 6) is -0.924. The van der Waals surface area contributed by atoms with Crippen molar-refractivity contribution in [3.8, 4) is 0 Å². The van der Waals surface area contributed by atoms with Crippen LogP contribution in [0.15, 0.2) is 0 Å². The molecule has 9 heteroatoms. The van der Waals surface area contributed by atoms with Crippen molar-refractivity contribution in [2.24, 2.45) is 0 Å². The van der Waals surface area contributed by atoms with Gasteiger partial charge in [0.15, 0.2) is 0 Å². The molecular weight excluding hydrogens is 311 g/mol. The summed E-state index contributed by atoms with van der Waals surface area (Å²) in [6, 6.07) is -0.705. The van der Waals surface area contributed by atoms with Crippen molar-refractivity contribution >= 4 is 24.2 Å². The summed E-state index contributed by atoms with van der Waals surface area (Å²) >= 11 is 0. The Balaban J connectivity index is 0.00000220. The molecule has 2 aliphatic rings. The van der Waals surface area contributed by atoms with Crippen molar-refractivity contribution in [1.82, 2.24) is 15.5 Å². The van der Waals surface area contributed by atoms with Crippen molar-refractivity contribution in [3.05, 3.63) is 0 Å². The minimum Gasteiger partial charge on any atom is -0.344 e. The van der Waals surface area contributed by atoms with Crippen molar-refractivity contribution in [2.75, 3.05) is 19.6 Å². The normalized spacial score (nSPS) is 25.9. The van der Waals surface area contributed by atoms with Gasteiger partial charge >= 0.3 is 6.18 Å². The Bertz CT molecular complexity index is 386. The van der Waals surface area contributed by atoms with E-state index in [0.29, 0.717) is 0 Å². The highest BCUT2D eigenvalue weighted by Crippen LogP contribution is 2.21. The Kier molecular flexibility index (Phi) is 6.27. The number of likely N-dealkylation sites (tertiary alicyclic amines) is 1. The number of rotatable bonds is 4. The Hall–Kier alpha value is -1.02. The molecule has 2 rings (SSSR count). The summed E-state index contributed by atoms with van der Waals surface area (Å²) in [6.45, 7) is -0.340. The lowest BCUT2D eigenvalue weighted by Crippen LogP contribution is -2.44. The molecule has 0 aromatic rings. The molecule has 5 nitrogen and oxygen atoms in total. The fraction of sp³-hybridized carbons (Fsp3) is 0.833. The van der Waals surface area contributed by atoms with E-state index in [1.165, 1.54) is 0 Å². The molecule has 0 saturated carbocycles. The molecule has 0 radical (unpaired) electrons. The first-order chi connectivity index (χ1) is 9.35. The van der Waals surface area contributed by atoms with E-state index in [1.54, 1.807) is 0 Å². The predicted molar refractivity (Wildman–Crippen MR) is 72.1 cm³/mol. The van der Waals surface area contributed by atoms with E-state index >= 15 is 0 Å². The second-order valence-corrected chi connectivity index (χ2v) is 5.28. The second-order valence-electron chi connectivity index (χ2n) is 5.28. The Morgan fingerprint density at radius 3 is 2.67 bits per heavy atom. The fourth-order valence-electron chi connectivity index (χ4n) is 2.65. The SMILES string of the molecule is Cl.O=C(CC1CCCN1)NC1CCN(CC(F)(F)F)C1=O. The molecule has 0 bridgehead atoms. The number of carbonyl (C=O) groups is 2. The zero-order chi connectivity index (χ0) is 14.8. The van der Waals surface area contributed by atoms with Crippen LogP contribution < -0.4 is 10.6 Å². The number of alkyl halides is 3. The lowest BCUT2D eigenvalue weighted by Gasteiger charge is -2.19. The Morgan fingerprint density at radius 1 is 1.38 bits per heavy atom. The summed E-state index contributed by atoms with van der Waals surface area (Å²) in [4.78, 5) is 24.2. The molecule has 2 amide bonds. The molecule has 0 aliphatic carbocycles. The van der Waals surface area contributed by atoms with E-state index < -0.39 is 24.7 Å². The Morgan fingerprint density at radius 2 is 2.10 bits per heavy atom. The summed E-state index contributed by atoms with van der Waals surface area (Å²) in [6.07, 6.45) is -1.98. The quantitative estimate of drug-likeness (QED) is 0.803. The van der Waals surface area contributed by atoms with E-state index in [4.69, 9.17) is 0 Å². The summed E-state index contributed by atoms with van der Waals surface area (Å²) in [5, 5.41) is 5.69. The highest BCUT2D eigenvalue weighted by molar-refractivity contribution is 5.89. The molecule has 2 heterocycles. The van der Waals surface area contributed by atoms with Crippen LogP contribution in [-0.4, -0.2) is 54.6 Å². The average Bonchev–Trinajstić information content (AvgIpc) is 2.92. The molecule has 2 atom stereocenters. The molecule has 0 spiro atoms. The third kappa shape index (κ3) is 5.35. The van der Waals surface area contributed by atoms with Gasteiger partial charge in [-0.1, -0.05) is 0 Å². The molecule has 2 aliphatic heterocycles. The van der Waals surface area contributed by atoms with Gasteiger partial charge in [-0.2, -0.15) is 13.2 Å². The highest BCUT2D eigenvalue weighted by Gasteiger charge is 2.39. The van der Waals surface area contributed by atoms with Gasteiger partial charge in [0.25, 0.3) is 0 Å². The molecule has 21 heavy (non-hydrogen) atoms. The monoisotopic (exact) mass is 329 g/mol. The van der Waals surface area contributed by atoms with Gasteiger partial charge in [-0.05, 0) is 25.8 Å². The van der Waals surface area contributed by atoms with E-state index in [2.05, 4.69) is 10.6 Å². The molecular formula is C12H19ClF3N3O2. The first-order valence-corrected chi connectivity index (χ1v) is 6.73. The first kappa shape index (κ1) is 18.0. The standard InChI is InChI=1S/C12H18F3N3O2.ClH/c13-12(14,15)7-18-5-3-9(11(18)20)17-10(19)6-8-2-1-4-16-8;/h8-9,16H,1-7H2,(H,17,19);1H. The maximum absolute atomic E-state index is 12.3. The van der Waals surface area contributed by atoms with Gasteiger partial charge in [-0.15, -0.1) is 12.4 Å². The number of nitrogens with one attached hydrogen (secondary N) is 2. The number of halogens is 4. The fourth-order valence-corrected chi connectivity index (χ4v) is 2.65. The summed E-state index contributed by atoms with van der Waals surface area (Å²) in [5.41, 5.74) is 0. The number of carbonyl (C=O) groups excluding carboxylic acids is 2. The second kappa shape index (κ2) is 7.31. The minimum atomic E-state index is -4.40. The number of hydrogen-bond acceptors (Lipinski definition) is 3. The van der Waals surface area contributed by atoms with Gasteiger partial charge in [0.1, 0.15) is 12.6 Å². The first-order valence-electron chi connectivity index (χ1n) is 6.73. The lowest BCUT2D eigenvalue weighted by molar-refractivity contribution is -0.158. The van der Waals surface area contributed by atoms with Gasteiger partial charge in [0, 0.05) is 19.0 Å². The van der Waals surface area contributed by atoms with Crippen LogP contribution in [0.5, 0.6) is 0 Å². The van der Waals surface area contributed by atoms with Gasteiger partial charge in [0.05, 0.1) is 0 Å². The van der Waals surface area contributed by atoms with Gasteiger partial charge in [0.2, 0.25) is 11.8 Å². The third-order valence-electron chi connectivity index (χ3n) is 3.60. The van der Waals surface area contributed by atoms with Gasteiger partial charge in [-0.3, -0.25) is 9.59 Å². The highest BCUT2D eigenvalue weighted by atomic mass is 35.5. The van der Waals surface area contributed by atoms with Gasteiger partial charge < -0.3 is 15.5 Å². The maximum Gasteiger partial charge on any atom is 0.406 e. The van der Waals surface area contributed by atoms with Crippen LogP contribution in [0.2, 0.25) is 0 Å². The van der Waals surface area contributed by atoms with Gasteiger partial charge in [-0.25, -0.2) is 0 Å². The molecule has 2 unspecified atom stereocenters. The topological polar surface area (TPSA) is 61.4 Å². The molecule has 122 valence electrons. The average molecular weight is 330 g/mol. The van der Waals surface area contributed by atoms with Crippen molar-refractivity contribution < 1.29 is 22.8 Å². The predicted octanol–water partition coefficient (Wildman–Crippen LogP) is 0.830. The van der Waals surface area contributed by atoms with E-state index in [1.807, 2.05) is 0 Å². The van der Waals surface area contributed by atoms with Crippen molar-refractivity contribution in [3.63, 3.8) is 0 Å². The van der Waals surface area contributed by atoms with E-state index in [-0.39, 0.29) is 43.7 Å². The largest absolute Gasteiger partial charge is 0.406 e. The van der Waals surface area contributed by atoms with Crippen LogP contribution in [0.4, 0.5) is 13.2 Å². The summed E-state index contributed by atoms with van der Waals surface area (Å²) < 4.78 is 36.8. The molecule has 2 N–H and O–H groups in total. The Labute approximate surface area is 127 Å². The molecule has 2 saturated heterocycles. The zero-order valence-electron chi connectivity index (χ0n) is 11.4. The number of amides is 2. The van der Waals surface area contributed by atoms with Crippen LogP contribution in [0.3, 0.4) is 0 Å². The van der Waals surface area contributed by atoms with Crippen LogP contribution in [0.1, 0.15) is 25.7 Å². The van der Waals surface area contributed by atoms with Crippen LogP contribution in [0.25, 0.3) is 0 Å². The molecule has 2 fully saturated rings. The molecule has 0 aromatic carbocycles. The van der Waals surface area contributed by atoms with Crippen LogP contribution in [-0.2, 0) is 9.59 Å². The van der Waals surface area contributed by atoms with Crippen molar-refractivity contribution in [2.45, 2.75) is 43.9 Å².